The number of ether oxygens (including phenoxy) is 1. The third-order valence-electron chi connectivity index (χ3n) is 5.39. The molecular weight excluding hydrogens is 410 g/mol. The lowest BCUT2D eigenvalue weighted by molar-refractivity contribution is -0.121. The lowest BCUT2D eigenvalue weighted by Gasteiger charge is -2.34. The van der Waals surface area contributed by atoms with E-state index in [9.17, 15) is 14.4 Å². The number of nitrogens with one attached hydrogen (secondary N) is 3. The number of aromatic amines is 1. The first-order valence-corrected chi connectivity index (χ1v) is 10.4. The zero-order chi connectivity index (χ0) is 22.5. The third kappa shape index (κ3) is 5.06. The number of aromatic nitrogens is 1. The van der Waals surface area contributed by atoms with Crippen molar-refractivity contribution in [3.8, 4) is 5.75 Å². The van der Waals surface area contributed by atoms with Crippen molar-refractivity contribution in [2.45, 2.75) is 0 Å². The molecule has 0 spiro atoms. The van der Waals surface area contributed by atoms with Crippen LogP contribution < -0.4 is 15.4 Å². The van der Waals surface area contributed by atoms with Crippen LogP contribution in [0, 0.1) is 0 Å². The van der Waals surface area contributed by atoms with Crippen molar-refractivity contribution in [1.82, 2.24) is 20.1 Å². The number of nitrogens with zero attached hydrogens (tertiary/aromatic N) is 2. The molecule has 32 heavy (non-hydrogen) atoms. The van der Waals surface area contributed by atoms with Crippen molar-refractivity contribution < 1.29 is 19.1 Å². The van der Waals surface area contributed by atoms with Gasteiger partial charge in [0.1, 0.15) is 11.4 Å². The van der Waals surface area contributed by atoms with Crippen LogP contribution in [0.15, 0.2) is 54.6 Å². The summed E-state index contributed by atoms with van der Waals surface area (Å²) >= 11 is 0. The number of hydrogen-bond acceptors (Lipinski definition) is 5. The fourth-order valence-electron chi connectivity index (χ4n) is 3.67. The topological polar surface area (TPSA) is 107 Å². The van der Waals surface area contributed by atoms with E-state index in [1.54, 1.807) is 36.3 Å². The number of amides is 4. The molecule has 0 radical (unpaired) electrons. The summed E-state index contributed by atoms with van der Waals surface area (Å²) in [5, 5.41) is 5.94. The number of hydrogen-bond donors (Lipinski definition) is 3. The summed E-state index contributed by atoms with van der Waals surface area (Å²) in [4.78, 5) is 43.9. The van der Waals surface area contributed by atoms with Crippen LogP contribution in [0.1, 0.15) is 10.5 Å². The molecule has 1 fully saturated rings. The Morgan fingerprint density at radius 2 is 1.72 bits per heavy atom. The van der Waals surface area contributed by atoms with Gasteiger partial charge in [-0.25, -0.2) is 4.79 Å². The van der Waals surface area contributed by atoms with Gasteiger partial charge < -0.3 is 19.9 Å². The minimum atomic E-state index is -0.590. The van der Waals surface area contributed by atoms with Gasteiger partial charge in [0.05, 0.1) is 13.7 Å². The van der Waals surface area contributed by atoms with Crippen LogP contribution in [-0.2, 0) is 4.79 Å². The van der Waals surface area contributed by atoms with Crippen LogP contribution >= 0.6 is 0 Å². The number of fused-ring (bicyclic) bond motifs is 1. The van der Waals surface area contributed by atoms with Crippen LogP contribution in [0.5, 0.6) is 5.75 Å². The number of H-pyrrole nitrogens is 1. The number of anilines is 1. The van der Waals surface area contributed by atoms with Crippen molar-refractivity contribution in [3.05, 3.63) is 60.3 Å². The van der Waals surface area contributed by atoms with Crippen molar-refractivity contribution >= 4 is 34.4 Å². The van der Waals surface area contributed by atoms with E-state index in [0.29, 0.717) is 43.3 Å². The number of rotatable bonds is 5. The van der Waals surface area contributed by atoms with E-state index in [0.717, 1.165) is 10.9 Å². The summed E-state index contributed by atoms with van der Waals surface area (Å²) in [6, 6.07) is 15.8. The van der Waals surface area contributed by atoms with Gasteiger partial charge in [0.15, 0.2) is 0 Å². The fraction of sp³-hybridized carbons (Fsp3) is 0.261. The van der Waals surface area contributed by atoms with Crippen molar-refractivity contribution in [3.63, 3.8) is 0 Å². The highest BCUT2D eigenvalue weighted by atomic mass is 16.5. The van der Waals surface area contributed by atoms with Crippen LogP contribution in [0.3, 0.4) is 0 Å². The smallest absolute Gasteiger partial charge is 0.325 e. The predicted octanol–water partition coefficient (Wildman–Crippen LogP) is 2.28. The first-order chi connectivity index (χ1) is 15.5. The first kappa shape index (κ1) is 21.4. The second kappa shape index (κ2) is 9.52. The van der Waals surface area contributed by atoms with Gasteiger partial charge in [-0.3, -0.25) is 19.8 Å². The highest BCUT2D eigenvalue weighted by molar-refractivity contribution is 6.02. The van der Waals surface area contributed by atoms with E-state index in [-0.39, 0.29) is 12.5 Å². The molecule has 9 heteroatoms. The molecule has 166 valence electrons. The molecule has 2 aromatic carbocycles. The van der Waals surface area contributed by atoms with Crippen LogP contribution in [0.2, 0.25) is 0 Å². The van der Waals surface area contributed by atoms with Gasteiger partial charge >= 0.3 is 6.03 Å². The van der Waals surface area contributed by atoms with Gasteiger partial charge in [-0.05, 0) is 36.4 Å². The summed E-state index contributed by atoms with van der Waals surface area (Å²) in [7, 11) is 1.56. The van der Waals surface area contributed by atoms with E-state index >= 15 is 0 Å². The molecule has 1 aromatic heterocycles. The summed E-state index contributed by atoms with van der Waals surface area (Å²) in [6.07, 6.45) is 0. The van der Waals surface area contributed by atoms with E-state index in [2.05, 4.69) is 15.6 Å². The Kier molecular flexibility index (Phi) is 6.37. The maximum Gasteiger partial charge on any atom is 0.325 e. The quantitative estimate of drug-likeness (QED) is 0.570. The molecular formula is C23H25N5O4. The normalized spacial score (nSPS) is 14.2. The number of piperazine rings is 1. The molecule has 9 nitrogen and oxygen atoms in total. The molecule has 4 amide bonds. The Morgan fingerprint density at radius 1 is 1.00 bits per heavy atom. The Hall–Kier alpha value is -3.85. The fourth-order valence-corrected chi connectivity index (χ4v) is 3.67. The van der Waals surface area contributed by atoms with Crippen molar-refractivity contribution in [2.75, 3.05) is 45.2 Å². The van der Waals surface area contributed by atoms with Gasteiger partial charge in [-0.2, -0.15) is 0 Å². The molecule has 0 saturated carbocycles. The lowest BCUT2D eigenvalue weighted by atomic mass is 10.2. The average Bonchev–Trinajstić information content (AvgIpc) is 3.24. The summed E-state index contributed by atoms with van der Waals surface area (Å²) in [5.41, 5.74) is 2.05. The number of urea groups is 1. The Labute approximate surface area is 185 Å². The van der Waals surface area contributed by atoms with Gasteiger partial charge in [-0.15, -0.1) is 0 Å². The largest absolute Gasteiger partial charge is 0.497 e. The van der Waals surface area contributed by atoms with E-state index in [4.69, 9.17) is 4.74 Å². The highest BCUT2D eigenvalue weighted by Gasteiger charge is 2.24. The van der Waals surface area contributed by atoms with Crippen LogP contribution in [0.25, 0.3) is 10.9 Å². The monoisotopic (exact) mass is 435 g/mol. The van der Waals surface area contributed by atoms with Gasteiger partial charge in [0, 0.05) is 42.8 Å². The van der Waals surface area contributed by atoms with Crippen molar-refractivity contribution in [1.29, 1.82) is 0 Å². The zero-order valence-electron chi connectivity index (χ0n) is 17.8. The highest BCUT2D eigenvalue weighted by Crippen LogP contribution is 2.17. The Morgan fingerprint density at radius 3 is 2.41 bits per heavy atom. The van der Waals surface area contributed by atoms with Crippen LogP contribution in [-0.4, -0.2) is 72.5 Å². The number of carbonyl (C=O) groups excluding carboxylic acids is 3. The van der Waals surface area contributed by atoms with Gasteiger partial charge in [-0.1, -0.05) is 18.2 Å². The van der Waals surface area contributed by atoms with Gasteiger partial charge in [0.2, 0.25) is 5.91 Å². The molecule has 1 saturated heterocycles. The molecule has 3 aromatic rings. The molecule has 0 unspecified atom stereocenters. The van der Waals surface area contributed by atoms with Crippen molar-refractivity contribution in [2.24, 2.45) is 0 Å². The molecule has 3 N–H and O–H groups in total. The van der Waals surface area contributed by atoms with Gasteiger partial charge in [0.25, 0.3) is 5.91 Å². The van der Waals surface area contributed by atoms with E-state index in [1.807, 2.05) is 35.2 Å². The Bertz CT molecular complexity index is 1080. The first-order valence-electron chi connectivity index (χ1n) is 10.4. The summed E-state index contributed by atoms with van der Waals surface area (Å²) in [6.45, 7) is 2.22. The minimum Gasteiger partial charge on any atom is -0.497 e. The molecule has 1 aliphatic heterocycles. The summed E-state index contributed by atoms with van der Waals surface area (Å²) < 4.78 is 5.07. The molecule has 2 heterocycles. The number of benzene rings is 2. The molecule has 1 aliphatic rings. The minimum absolute atomic E-state index is 0.0517. The second-order valence-electron chi connectivity index (χ2n) is 7.57. The maximum atomic E-state index is 12.8. The van der Waals surface area contributed by atoms with Crippen LogP contribution in [0.4, 0.5) is 10.5 Å². The lowest BCUT2D eigenvalue weighted by Crippen LogP contribution is -2.51. The van der Waals surface area contributed by atoms with E-state index < -0.39 is 11.9 Å². The molecule has 0 bridgehead atoms. The SMILES string of the molecule is COc1ccc(NC(=O)NC(=O)CN2CCN(C(=O)c3cc4ccccc4[nH]3)CC2)cc1. The average molecular weight is 435 g/mol. The second-order valence-corrected chi connectivity index (χ2v) is 7.57. The third-order valence-corrected chi connectivity index (χ3v) is 5.39. The standard InChI is InChI=1S/C23H25N5O4/c1-32-18-8-6-17(7-9-18)24-23(31)26-21(29)15-27-10-12-28(13-11-27)22(30)20-14-16-4-2-3-5-19(16)25-20/h2-9,14,25H,10-13,15H2,1H3,(H2,24,26,29,31). The predicted molar refractivity (Wildman–Crippen MR) is 121 cm³/mol. The Balaban J connectivity index is 1.23. The zero-order valence-corrected chi connectivity index (χ0v) is 17.8. The number of imide groups is 1. The molecule has 0 aliphatic carbocycles. The number of para-hydroxylation sites is 1. The van der Waals surface area contributed by atoms with E-state index in [1.165, 1.54) is 0 Å². The summed E-state index contributed by atoms with van der Waals surface area (Å²) in [5.74, 6) is 0.227. The molecule has 4 rings (SSSR count). The number of carbonyl (C=O) groups is 3. The molecule has 0 atom stereocenters. The number of methoxy groups -OCH3 is 1. The maximum absolute atomic E-state index is 12.8.